The van der Waals surface area contributed by atoms with E-state index in [-0.39, 0.29) is 15.6 Å². The molecule has 32 heteroatoms. The fourth-order valence-corrected chi connectivity index (χ4v) is 13.4. The molecule has 21 nitrogen and oxygen atoms in total. The van der Waals surface area contributed by atoms with Crippen LogP contribution in [-0.2, 0) is 60.1 Å². The molecule has 0 spiro atoms. The van der Waals surface area contributed by atoms with Crippen LogP contribution in [0.3, 0.4) is 0 Å². The molecule has 0 radical (unpaired) electrons. The largest absolute Gasteiger partial charge is 0.268 e. The van der Waals surface area contributed by atoms with Crippen LogP contribution in [0.5, 0.6) is 0 Å². The number of amides is 3. The summed E-state index contributed by atoms with van der Waals surface area (Å²) in [6, 6.07) is 25.0. The zero-order valence-electron chi connectivity index (χ0n) is 35.8. The summed E-state index contributed by atoms with van der Waals surface area (Å²) in [5, 5.41) is 15.0. The van der Waals surface area contributed by atoms with Gasteiger partial charge in [-0.05, 0) is 119 Å². The molecule has 6 rings (SSSR count). The summed E-state index contributed by atoms with van der Waals surface area (Å²) in [5.41, 5.74) is 0.0829. The number of benzene rings is 6. The van der Waals surface area contributed by atoms with Crippen molar-refractivity contribution >= 4 is 126 Å². The number of carbonyl (C=O) groups excluding carboxylic acids is 3. The SMILES string of the molecule is Cc1cc(C(=O)NS(=O)(=O)c2ccccc2S(N)(=O)=O)ccc1Br.NS(=O)(=O)c1ccccc1S(=O)(=O)NC(=O)c1ccc(Br)c(F)c1.NS(=O)(=O)c1ccccc1S(=O)(=O)NC(=O)c1ccc(Br)cc1F. The molecule has 0 aromatic heterocycles. The molecule has 9 N–H and O–H groups in total. The number of rotatable bonds is 12. The van der Waals surface area contributed by atoms with Crippen molar-refractivity contribution in [1.82, 2.24) is 14.2 Å². The Morgan fingerprint density at radius 1 is 0.417 bits per heavy atom. The molecule has 0 bridgehead atoms. The van der Waals surface area contributed by atoms with Gasteiger partial charge in [-0.2, -0.15) is 0 Å². The van der Waals surface area contributed by atoms with Gasteiger partial charge < -0.3 is 0 Å². The lowest BCUT2D eigenvalue weighted by Gasteiger charge is -2.10. The van der Waals surface area contributed by atoms with Gasteiger partial charge in [-0.3, -0.25) is 14.4 Å². The molecule has 0 aliphatic rings. The number of carbonyl (C=O) groups is 3. The number of hydrogen-bond donors (Lipinski definition) is 6. The fourth-order valence-electron chi connectivity index (χ4n) is 5.52. The standard InChI is InChI=1S/C14H13BrN2O5S2.2C13H10BrFN2O5S2/c1-9-8-10(6-7-11(9)15)14(18)17-24(21,22)13-5-3-2-4-12(13)23(16,19)20;14-8-5-6-9(10(15)7-8)13(18)17-24(21,22)12-4-2-1-3-11(12)23(16,19)20;14-9-6-5-8(7-10(9)15)13(18)17-24(21,22)12-4-2-1-3-11(12)23(16,19)20/h2-8H,1H3,(H,17,18)(H2,16,19,20);2*1-7H,(H,17,18)(H2,16,19,20). The summed E-state index contributed by atoms with van der Waals surface area (Å²) < 4.78 is 176. The summed E-state index contributed by atoms with van der Waals surface area (Å²) in [4.78, 5) is 32.3. The number of aryl methyl sites for hydroxylation is 1. The van der Waals surface area contributed by atoms with Crippen molar-refractivity contribution < 1.29 is 73.7 Å². The number of sulfonamides is 6. The summed E-state index contributed by atoms with van der Waals surface area (Å²) in [5.74, 6) is -4.95. The second-order valence-electron chi connectivity index (χ2n) is 14.0. The first-order chi connectivity index (χ1) is 33.1. The Labute approximate surface area is 436 Å². The first-order valence-corrected chi connectivity index (χ1v) is 30.3. The monoisotopic (exact) mass is 1300 g/mol. The van der Waals surface area contributed by atoms with Crippen molar-refractivity contribution in [2.45, 2.75) is 36.3 Å². The van der Waals surface area contributed by atoms with E-state index in [1.54, 1.807) is 22.4 Å². The quantitative estimate of drug-likeness (QED) is 0.0998. The molecule has 384 valence electrons. The van der Waals surface area contributed by atoms with Crippen LogP contribution >= 0.6 is 47.8 Å². The lowest BCUT2D eigenvalue weighted by atomic mass is 10.1. The Bertz CT molecular complexity index is 3690. The molecule has 0 heterocycles. The van der Waals surface area contributed by atoms with E-state index in [1.165, 1.54) is 66.7 Å². The molecule has 72 heavy (non-hydrogen) atoms. The van der Waals surface area contributed by atoms with E-state index in [2.05, 4.69) is 47.8 Å². The Morgan fingerprint density at radius 2 is 0.750 bits per heavy atom. The molecule has 0 saturated heterocycles. The topological polar surface area (TPSA) is 370 Å². The van der Waals surface area contributed by atoms with Gasteiger partial charge in [0.05, 0.1) is 10.0 Å². The Morgan fingerprint density at radius 3 is 1.08 bits per heavy atom. The minimum absolute atomic E-state index is 0.0986. The third kappa shape index (κ3) is 15.6. The van der Waals surface area contributed by atoms with Gasteiger partial charge in [0.1, 0.15) is 41.0 Å². The molecule has 0 fully saturated rings. The van der Waals surface area contributed by atoms with E-state index in [0.29, 0.717) is 4.47 Å². The summed E-state index contributed by atoms with van der Waals surface area (Å²) in [6.45, 7) is 1.74. The Balaban J connectivity index is 0.000000234. The van der Waals surface area contributed by atoms with Crippen LogP contribution in [-0.4, -0.2) is 68.2 Å². The lowest BCUT2D eigenvalue weighted by molar-refractivity contribution is 0.0969. The molecule has 0 saturated carbocycles. The third-order valence-electron chi connectivity index (χ3n) is 8.79. The second-order valence-corrected chi connectivity index (χ2v) is 26.2. The minimum atomic E-state index is -4.59. The average molecular weight is 1310 g/mol. The van der Waals surface area contributed by atoms with Gasteiger partial charge >= 0.3 is 0 Å². The van der Waals surface area contributed by atoms with Gasteiger partial charge in [0, 0.05) is 20.1 Å². The van der Waals surface area contributed by atoms with Gasteiger partial charge in [0.2, 0.25) is 30.1 Å². The summed E-state index contributed by atoms with van der Waals surface area (Å²) in [6.07, 6.45) is 0. The molecule has 6 aromatic rings. The highest BCUT2D eigenvalue weighted by Crippen LogP contribution is 2.24. The maximum atomic E-state index is 13.7. The smallest absolute Gasteiger partial charge is 0.267 e. The normalized spacial score (nSPS) is 12.0. The zero-order chi connectivity index (χ0) is 54.4. The Hall–Kier alpha value is -5.39. The van der Waals surface area contributed by atoms with Crippen LogP contribution in [0.15, 0.2) is 170 Å². The van der Waals surface area contributed by atoms with Crippen molar-refractivity contribution in [3.05, 3.63) is 175 Å². The highest BCUT2D eigenvalue weighted by molar-refractivity contribution is 9.11. The van der Waals surface area contributed by atoms with Crippen LogP contribution < -0.4 is 29.6 Å². The van der Waals surface area contributed by atoms with Gasteiger partial charge in [0.15, 0.2) is 0 Å². The van der Waals surface area contributed by atoms with E-state index in [4.69, 9.17) is 15.4 Å². The highest BCUT2D eigenvalue weighted by atomic mass is 79.9. The molecular formula is C40H33Br3F2N6O15S6. The van der Waals surface area contributed by atoms with E-state index in [1.807, 2.05) is 4.72 Å². The maximum Gasteiger partial charge on any atom is 0.267 e. The number of primary sulfonamides is 3. The van der Waals surface area contributed by atoms with Crippen molar-refractivity contribution in [1.29, 1.82) is 0 Å². The van der Waals surface area contributed by atoms with Crippen molar-refractivity contribution in [2.75, 3.05) is 0 Å². The predicted molar refractivity (Wildman–Crippen MR) is 264 cm³/mol. The fraction of sp³-hybridized carbons (Fsp3) is 0.0250. The zero-order valence-corrected chi connectivity index (χ0v) is 45.5. The minimum Gasteiger partial charge on any atom is -0.268 e. The predicted octanol–water partition coefficient (Wildman–Crippen LogP) is 4.23. The molecule has 6 aromatic carbocycles. The third-order valence-corrected chi connectivity index (χ3v) is 18.3. The number of nitrogens with one attached hydrogen (secondary N) is 3. The summed E-state index contributed by atoms with van der Waals surface area (Å²) in [7, 11) is -26.5. The van der Waals surface area contributed by atoms with Crippen molar-refractivity contribution in [2.24, 2.45) is 15.4 Å². The van der Waals surface area contributed by atoms with E-state index < -0.39 is 124 Å². The Kier molecular flexibility index (Phi) is 19.1. The lowest BCUT2D eigenvalue weighted by Crippen LogP contribution is -2.32. The van der Waals surface area contributed by atoms with Crippen LogP contribution in [0.1, 0.15) is 36.6 Å². The molecule has 0 unspecified atom stereocenters. The van der Waals surface area contributed by atoms with Crippen LogP contribution in [0.4, 0.5) is 8.78 Å². The number of hydrogen-bond acceptors (Lipinski definition) is 15. The maximum absolute atomic E-state index is 13.7. The van der Waals surface area contributed by atoms with E-state index in [0.717, 1.165) is 64.6 Å². The van der Waals surface area contributed by atoms with E-state index >= 15 is 0 Å². The number of nitrogens with two attached hydrogens (primary N) is 3. The number of halogens is 5. The molecule has 0 atom stereocenters. The highest BCUT2D eigenvalue weighted by Gasteiger charge is 2.29. The first kappa shape index (κ1) is 59.2. The first-order valence-electron chi connectivity index (χ1n) is 18.8. The van der Waals surface area contributed by atoms with Gasteiger partial charge in [-0.1, -0.05) is 68.3 Å². The van der Waals surface area contributed by atoms with Gasteiger partial charge in [-0.15, -0.1) is 0 Å². The van der Waals surface area contributed by atoms with E-state index in [9.17, 15) is 73.7 Å². The van der Waals surface area contributed by atoms with Crippen molar-refractivity contribution in [3.63, 3.8) is 0 Å². The average Bonchev–Trinajstić information content (AvgIpc) is 3.27. The van der Waals surface area contributed by atoms with Gasteiger partial charge in [0.25, 0.3) is 47.8 Å². The van der Waals surface area contributed by atoms with Crippen molar-refractivity contribution in [3.8, 4) is 0 Å². The molecular weight excluding hydrogens is 1270 g/mol. The molecule has 0 aliphatic heterocycles. The molecule has 3 amide bonds. The van der Waals surface area contributed by atoms with Crippen LogP contribution in [0.2, 0.25) is 0 Å². The summed E-state index contributed by atoms with van der Waals surface area (Å²) >= 11 is 9.18. The van der Waals surface area contributed by atoms with Crippen LogP contribution in [0.25, 0.3) is 0 Å². The second kappa shape index (κ2) is 23.2. The molecule has 0 aliphatic carbocycles. The van der Waals surface area contributed by atoms with Crippen LogP contribution in [0, 0.1) is 18.6 Å². The van der Waals surface area contributed by atoms with Gasteiger partial charge in [-0.25, -0.2) is 88.9 Å².